The van der Waals surface area contributed by atoms with Gasteiger partial charge in [0.1, 0.15) is 11.3 Å². The number of benzene rings is 1. The molecule has 0 radical (unpaired) electrons. The maximum Gasteiger partial charge on any atom is 0.157 e. The quantitative estimate of drug-likeness (QED) is 0.521. The number of pyridine rings is 1. The Labute approximate surface area is 173 Å². The number of imidazole rings is 1. The van der Waals surface area contributed by atoms with E-state index in [4.69, 9.17) is 4.74 Å². The van der Waals surface area contributed by atoms with E-state index < -0.39 is 0 Å². The number of hydrogen-bond donors (Lipinski definition) is 2. The van der Waals surface area contributed by atoms with Crippen molar-refractivity contribution >= 4 is 16.9 Å². The lowest BCUT2D eigenvalue weighted by Gasteiger charge is -2.27. The van der Waals surface area contributed by atoms with Crippen molar-refractivity contribution in [3.8, 4) is 0 Å². The molecule has 6 nitrogen and oxygen atoms in total. The molecule has 6 heteroatoms. The first-order chi connectivity index (χ1) is 14.0. The largest absolute Gasteiger partial charge is 0.385 e. The fourth-order valence-corrected chi connectivity index (χ4v) is 3.84. The van der Waals surface area contributed by atoms with Crippen LogP contribution in [0.2, 0.25) is 0 Å². The lowest BCUT2D eigenvalue weighted by Crippen LogP contribution is -2.31. The van der Waals surface area contributed by atoms with Crippen LogP contribution in [0.1, 0.15) is 49.7 Å². The number of aromatic nitrogens is 3. The topological polar surface area (TPSA) is 66.1 Å². The summed E-state index contributed by atoms with van der Waals surface area (Å²) in [5, 5.41) is 3.59. The Kier molecular flexibility index (Phi) is 7.23. The molecule has 0 fully saturated rings. The number of aryl methyl sites for hydroxylation is 1. The highest BCUT2D eigenvalue weighted by Gasteiger charge is 2.14. The van der Waals surface area contributed by atoms with E-state index in [0.29, 0.717) is 6.04 Å². The third-order valence-electron chi connectivity index (χ3n) is 5.52. The summed E-state index contributed by atoms with van der Waals surface area (Å²) in [5.74, 6) is 0.886. The molecule has 0 aliphatic heterocycles. The summed E-state index contributed by atoms with van der Waals surface area (Å²) >= 11 is 0. The van der Waals surface area contributed by atoms with Gasteiger partial charge in [-0.15, -0.1) is 0 Å². The molecule has 3 aromatic rings. The molecule has 156 valence electrons. The number of anilines is 1. The predicted octanol–water partition coefficient (Wildman–Crippen LogP) is 4.69. The van der Waals surface area contributed by atoms with Crippen molar-refractivity contribution < 1.29 is 4.74 Å². The Balaban J connectivity index is 1.64. The first kappa shape index (κ1) is 21.3. The second kappa shape index (κ2) is 9.85. The number of H-pyrrole nitrogens is 1. The zero-order valence-electron chi connectivity index (χ0n) is 18.2. The maximum absolute atomic E-state index is 5.25. The number of nitrogens with zero attached hydrogens (tertiary/aromatic N) is 3. The van der Waals surface area contributed by atoms with E-state index in [1.54, 1.807) is 7.11 Å². The van der Waals surface area contributed by atoms with Gasteiger partial charge in [-0.2, -0.15) is 0 Å². The van der Waals surface area contributed by atoms with E-state index in [1.165, 1.54) is 5.56 Å². The highest BCUT2D eigenvalue weighted by molar-refractivity contribution is 5.75. The number of aromatic amines is 1. The van der Waals surface area contributed by atoms with Gasteiger partial charge in [0.25, 0.3) is 0 Å². The number of methoxy groups -OCH3 is 1. The van der Waals surface area contributed by atoms with Crippen molar-refractivity contribution in [3.63, 3.8) is 0 Å². The lowest BCUT2D eigenvalue weighted by atomic mass is 10.1. The summed E-state index contributed by atoms with van der Waals surface area (Å²) < 4.78 is 5.25. The average molecular weight is 396 g/mol. The number of hydrogen-bond acceptors (Lipinski definition) is 5. The molecule has 29 heavy (non-hydrogen) atoms. The summed E-state index contributed by atoms with van der Waals surface area (Å²) in [6, 6.07) is 11.4. The molecule has 2 N–H and O–H groups in total. The minimum Gasteiger partial charge on any atom is -0.385 e. The van der Waals surface area contributed by atoms with Crippen LogP contribution in [0, 0.1) is 6.92 Å². The standard InChI is InChI=1S/C23H33N5O/c1-6-20(12-14-29-5)28(4)15-18-7-9-19(10-8-18)25-16(2)21-11-13-24-23-22(21)26-17(3)27-23/h7-11,13,16,20,25H,6,12,14-15H2,1-5H3,(H,24,26,27). The molecule has 0 aliphatic rings. The minimum absolute atomic E-state index is 0.134. The Bertz CT molecular complexity index is 905. The molecule has 2 heterocycles. The van der Waals surface area contributed by atoms with Crippen LogP contribution >= 0.6 is 0 Å². The highest BCUT2D eigenvalue weighted by Crippen LogP contribution is 2.25. The fourth-order valence-electron chi connectivity index (χ4n) is 3.84. The van der Waals surface area contributed by atoms with E-state index in [0.717, 1.165) is 54.2 Å². The van der Waals surface area contributed by atoms with Crippen LogP contribution in [-0.4, -0.2) is 46.7 Å². The van der Waals surface area contributed by atoms with Crippen LogP contribution in [0.15, 0.2) is 36.5 Å². The van der Waals surface area contributed by atoms with Gasteiger partial charge in [-0.25, -0.2) is 9.97 Å². The monoisotopic (exact) mass is 395 g/mol. The van der Waals surface area contributed by atoms with Gasteiger partial charge in [0.15, 0.2) is 5.65 Å². The van der Waals surface area contributed by atoms with E-state index in [-0.39, 0.29) is 6.04 Å². The minimum atomic E-state index is 0.134. The van der Waals surface area contributed by atoms with Crippen molar-refractivity contribution in [2.24, 2.45) is 0 Å². The second-order valence-corrected chi connectivity index (χ2v) is 7.74. The molecule has 0 saturated carbocycles. The van der Waals surface area contributed by atoms with Crippen LogP contribution in [0.5, 0.6) is 0 Å². The molecule has 0 spiro atoms. The third kappa shape index (κ3) is 5.34. The Morgan fingerprint density at radius 2 is 1.97 bits per heavy atom. The zero-order chi connectivity index (χ0) is 20.8. The number of rotatable bonds is 10. The average Bonchev–Trinajstić information content (AvgIpc) is 3.10. The molecular weight excluding hydrogens is 362 g/mol. The zero-order valence-corrected chi connectivity index (χ0v) is 18.2. The summed E-state index contributed by atoms with van der Waals surface area (Å²) in [4.78, 5) is 14.6. The van der Waals surface area contributed by atoms with Gasteiger partial charge in [-0.1, -0.05) is 19.1 Å². The summed E-state index contributed by atoms with van der Waals surface area (Å²) in [6.45, 7) is 8.10. The van der Waals surface area contributed by atoms with E-state index >= 15 is 0 Å². The van der Waals surface area contributed by atoms with Crippen molar-refractivity contribution in [1.29, 1.82) is 0 Å². The predicted molar refractivity (Wildman–Crippen MR) is 119 cm³/mol. The van der Waals surface area contributed by atoms with Crippen molar-refractivity contribution in [3.05, 3.63) is 53.5 Å². The molecule has 2 aromatic heterocycles. The fraction of sp³-hybridized carbons (Fsp3) is 0.478. The van der Waals surface area contributed by atoms with Crippen LogP contribution < -0.4 is 5.32 Å². The van der Waals surface area contributed by atoms with Crippen LogP contribution in [-0.2, 0) is 11.3 Å². The highest BCUT2D eigenvalue weighted by atomic mass is 16.5. The molecule has 0 bridgehead atoms. The van der Waals surface area contributed by atoms with Gasteiger partial charge < -0.3 is 15.0 Å². The van der Waals surface area contributed by atoms with Gasteiger partial charge in [-0.05, 0) is 57.5 Å². The van der Waals surface area contributed by atoms with Crippen molar-refractivity contribution in [1.82, 2.24) is 19.9 Å². The molecule has 2 atom stereocenters. The Hall–Kier alpha value is -2.44. The summed E-state index contributed by atoms with van der Waals surface area (Å²) in [7, 11) is 3.96. The van der Waals surface area contributed by atoms with Crippen molar-refractivity contribution in [2.45, 2.75) is 52.2 Å². The molecule has 3 rings (SSSR count). The SMILES string of the molecule is CCC(CCOC)N(C)Cc1ccc(NC(C)c2ccnc3[nH]c(C)nc23)cc1. The van der Waals surface area contributed by atoms with Crippen molar-refractivity contribution in [2.75, 3.05) is 26.1 Å². The van der Waals surface area contributed by atoms with Gasteiger partial charge in [0.05, 0.1) is 6.04 Å². The maximum atomic E-state index is 5.25. The lowest BCUT2D eigenvalue weighted by molar-refractivity contribution is 0.140. The molecule has 1 aromatic carbocycles. The van der Waals surface area contributed by atoms with Gasteiger partial charge in [0, 0.05) is 43.8 Å². The first-order valence-corrected chi connectivity index (χ1v) is 10.4. The van der Waals surface area contributed by atoms with E-state index in [1.807, 2.05) is 19.2 Å². The Morgan fingerprint density at radius 3 is 2.66 bits per heavy atom. The third-order valence-corrected chi connectivity index (χ3v) is 5.52. The number of fused-ring (bicyclic) bond motifs is 1. The molecule has 0 aliphatic carbocycles. The Morgan fingerprint density at radius 1 is 1.21 bits per heavy atom. The van der Waals surface area contributed by atoms with Crippen LogP contribution in [0.25, 0.3) is 11.2 Å². The number of nitrogens with one attached hydrogen (secondary N) is 2. The van der Waals surface area contributed by atoms with E-state index in [9.17, 15) is 0 Å². The van der Waals surface area contributed by atoms with Gasteiger partial charge in [0.2, 0.25) is 0 Å². The van der Waals surface area contributed by atoms with Gasteiger partial charge >= 0.3 is 0 Å². The smallest absolute Gasteiger partial charge is 0.157 e. The normalized spacial score (nSPS) is 13.7. The molecular formula is C23H33N5O. The van der Waals surface area contributed by atoms with Crippen LogP contribution in [0.3, 0.4) is 0 Å². The molecule has 0 amide bonds. The van der Waals surface area contributed by atoms with Gasteiger partial charge in [-0.3, -0.25) is 4.90 Å². The van der Waals surface area contributed by atoms with E-state index in [2.05, 4.69) is 70.3 Å². The molecule has 0 saturated heterocycles. The summed E-state index contributed by atoms with van der Waals surface area (Å²) in [6.07, 6.45) is 4.03. The number of ether oxygens (including phenoxy) is 1. The first-order valence-electron chi connectivity index (χ1n) is 10.4. The molecule has 2 unspecified atom stereocenters. The second-order valence-electron chi connectivity index (χ2n) is 7.74. The van der Waals surface area contributed by atoms with Crippen LogP contribution in [0.4, 0.5) is 5.69 Å². The summed E-state index contributed by atoms with van der Waals surface area (Å²) in [5.41, 5.74) is 5.34.